The molecule has 1 amide bonds. The smallest absolute Gasteiger partial charge is 0.407 e. The summed E-state index contributed by atoms with van der Waals surface area (Å²) >= 11 is 0. The molecular weight excluding hydrogens is 620 g/mol. The maximum Gasteiger partial charge on any atom is 0.407 e. The minimum absolute atomic E-state index is 0.150. The number of phenolic OH excluding ortho intramolecular Hbond substituents is 1. The van der Waals surface area contributed by atoms with Crippen LogP contribution < -0.4 is 14.8 Å². The first-order chi connectivity index (χ1) is 22.3. The lowest BCUT2D eigenvalue weighted by Gasteiger charge is -2.21. The molecule has 0 spiro atoms. The summed E-state index contributed by atoms with van der Waals surface area (Å²) in [6.45, 7) is 11.7. The Kier molecular flexibility index (Phi) is 12.1. The molecule has 252 valence electrons. The van der Waals surface area contributed by atoms with Crippen LogP contribution in [0.25, 0.3) is 21.9 Å². The zero-order valence-corrected chi connectivity index (χ0v) is 28.4. The largest absolute Gasteiger partial charge is 0.508 e. The van der Waals surface area contributed by atoms with Gasteiger partial charge in [0.05, 0.1) is 18.1 Å². The number of likely N-dealkylation sites (N-methyl/N-ethyl adjacent to an activating group) is 1. The predicted octanol–water partition coefficient (Wildman–Crippen LogP) is 6.65. The van der Waals surface area contributed by atoms with E-state index in [2.05, 4.69) is 17.1 Å². The van der Waals surface area contributed by atoms with E-state index < -0.39 is 21.5 Å². The number of hydrogen-bond acceptors (Lipinski definition) is 9. The number of nitrogens with zero attached hydrogens (tertiary/aromatic N) is 1. The third-order valence-electron chi connectivity index (χ3n) is 7.18. The number of ether oxygens (including phenoxy) is 4. The number of alkyl carbamates (subject to hydrolysis) is 1. The van der Waals surface area contributed by atoms with E-state index in [4.69, 9.17) is 18.9 Å². The molecule has 0 atom stereocenters. The second-order valence-electron chi connectivity index (χ2n) is 12.0. The van der Waals surface area contributed by atoms with Crippen LogP contribution >= 0.6 is 0 Å². The number of sulfone groups is 1. The molecule has 0 unspecified atom stereocenters. The molecule has 0 aromatic heterocycles. The van der Waals surface area contributed by atoms with Crippen molar-refractivity contribution in [2.75, 3.05) is 52.3 Å². The topological polar surface area (TPSA) is 124 Å². The van der Waals surface area contributed by atoms with Crippen molar-refractivity contribution in [3.05, 3.63) is 78.9 Å². The van der Waals surface area contributed by atoms with E-state index in [9.17, 15) is 18.3 Å². The average Bonchev–Trinajstić information content (AvgIpc) is 3.01. The average molecular weight is 665 g/mol. The maximum absolute atomic E-state index is 12.0. The van der Waals surface area contributed by atoms with Gasteiger partial charge in [-0.3, -0.25) is 4.90 Å². The lowest BCUT2D eigenvalue weighted by molar-refractivity contribution is 0.0489. The molecule has 0 aliphatic rings. The van der Waals surface area contributed by atoms with Gasteiger partial charge in [0.1, 0.15) is 35.2 Å². The Morgan fingerprint density at radius 1 is 0.872 bits per heavy atom. The van der Waals surface area contributed by atoms with Crippen LogP contribution in [0, 0.1) is 0 Å². The number of hydrogen-bond donors (Lipinski definition) is 2. The molecule has 0 saturated heterocycles. The number of rotatable bonds is 15. The number of carbonyl (C=O) groups excluding carboxylic acids is 1. The first-order valence-corrected chi connectivity index (χ1v) is 17.5. The fraction of sp³-hybridized carbons (Fsp3) is 0.361. The van der Waals surface area contributed by atoms with Gasteiger partial charge < -0.3 is 29.4 Å². The molecule has 0 aliphatic carbocycles. The van der Waals surface area contributed by atoms with Gasteiger partial charge in [0.15, 0.2) is 9.84 Å². The van der Waals surface area contributed by atoms with Gasteiger partial charge in [-0.1, -0.05) is 25.1 Å². The van der Waals surface area contributed by atoms with E-state index in [0.29, 0.717) is 43.6 Å². The predicted molar refractivity (Wildman–Crippen MR) is 183 cm³/mol. The Bertz CT molecular complexity index is 1730. The standard InChI is InChI=1S/C36H44N2O8S/c1-6-38(20-23-43-22-19-37-35(40)46-36(2,3)4)21-24-44-29-11-13-30(14-12-29)45-34-32(17-9-27-25-28(39)10-18-33(27)34)26-7-15-31(16-8-26)47(5,41)42/h7-18,25,39H,6,19-24H2,1-5H3,(H,37,40). The first-order valence-electron chi connectivity index (χ1n) is 15.6. The minimum atomic E-state index is -3.33. The van der Waals surface area contributed by atoms with E-state index >= 15 is 0 Å². The first kappa shape index (κ1) is 35.5. The van der Waals surface area contributed by atoms with Crippen molar-refractivity contribution < 1.29 is 37.3 Å². The van der Waals surface area contributed by atoms with Crippen LogP contribution in [0.1, 0.15) is 27.7 Å². The molecule has 4 rings (SSSR count). The fourth-order valence-corrected chi connectivity index (χ4v) is 5.42. The third-order valence-corrected chi connectivity index (χ3v) is 8.31. The van der Waals surface area contributed by atoms with Gasteiger partial charge in [-0.2, -0.15) is 0 Å². The summed E-state index contributed by atoms with van der Waals surface area (Å²) in [6, 6.07) is 22.9. The highest BCUT2D eigenvalue weighted by atomic mass is 32.2. The Labute approximate surface area is 277 Å². The third kappa shape index (κ3) is 10.9. The normalized spacial score (nSPS) is 11.9. The number of carbonyl (C=O) groups is 1. The number of amides is 1. The molecule has 0 aliphatic heterocycles. The van der Waals surface area contributed by atoms with Crippen molar-refractivity contribution in [1.82, 2.24) is 10.2 Å². The number of benzene rings is 4. The molecule has 10 nitrogen and oxygen atoms in total. The van der Waals surface area contributed by atoms with Crippen molar-refractivity contribution in [3.63, 3.8) is 0 Å². The second-order valence-corrected chi connectivity index (χ2v) is 14.1. The minimum Gasteiger partial charge on any atom is -0.508 e. The Balaban J connectivity index is 1.32. The highest BCUT2D eigenvalue weighted by Gasteiger charge is 2.16. The summed E-state index contributed by atoms with van der Waals surface area (Å²) < 4.78 is 47.2. The lowest BCUT2D eigenvalue weighted by Crippen LogP contribution is -2.35. The van der Waals surface area contributed by atoms with Gasteiger partial charge in [-0.05, 0) is 98.9 Å². The van der Waals surface area contributed by atoms with Crippen molar-refractivity contribution in [2.45, 2.75) is 38.2 Å². The molecule has 0 bridgehead atoms. The molecule has 0 fully saturated rings. The van der Waals surface area contributed by atoms with E-state index in [1.54, 1.807) is 42.5 Å². The van der Waals surface area contributed by atoms with Crippen LogP contribution in [0.2, 0.25) is 0 Å². The molecule has 0 radical (unpaired) electrons. The van der Waals surface area contributed by atoms with E-state index in [0.717, 1.165) is 41.5 Å². The zero-order valence-electron chi connectivity index (χ0n) is 27.6. The van der Waals surface area contributed by atoms with Crippen LogP contribution in [0.5, 0.6) is 23.0 Å². The van der Waals surface area contributed by atoms with Crippen molar-refractivity contribution in [3.8, 4) is 34.1 Å². The lowest BCUT2D eigenvalue weighted by atomic mass is 9.99. The molecule has 0 saturated carbocycles. The van der Waals surface area contributed by atoms with Crippen molar-refractivity contribution in [2.24, 2.45) is 0 Å². The van der Waals surface area contributed by atoms with Crippen LogP contribution in [-0.4, -0.2) is 82.4 Å². The van der Waals surface area contributed by atoms with Crippen LogP contribution in [-0.2, 0) is 19.3 Å². The highest BCUT2D eigenvalue weighted by Crippen LogP contribution is 2.41. The number of aromatic hydroxyl groups is 1. The molecule has 2 N–H and O–H groups in total. The summed E-state index contributed by atoms with van der Waals surface area (Å²) in [5.41, 5.74) is 1.05. The van der Waals surface area contributed by atoms with Crippen molar-refractivity contribution >= 4 is 26.7 Å². The van der Waals surface area contributed by atoms with Gasteiger partial charge in [0.2, 0.25) is 0 Å². The number of fused-ring (bicyclic) bond motifs is 1. The van der Waals surface area contributed by atoms with Crippen molar-refractivity contribution in [1.29, 1.82) is 0 Å². The second kappa shape index (κ2) is 16.0. The molecule has 4 aromatic rings. The van der Waals surface area contributed by atoms with Gasteiger partial charge in [0.25, 0.3) is 0 Å². The SMILES string of the molecule is CCN(CCOCCNC(=O)OC(C)(C)C)CCOc1ccc(Oc2c(-c3ccc(S(C)(=O)=O)cc3)ccc3cc(O)ccc23)cc1. The molecule has 0 heterocycles. The maximum atomic E-state index is 12.0. The van der Waals surface area contributed by atoms with Gasteiger partial charge in [-0.25, -0.2) is 13.2 Å². The van der Waals surface area contributed by atoms with Gasteiger partial charge in [-0.15, -0.1) is 0 Å². The summed E-state index contributed by atoms with van der Waals surface area (Å²) in [5, 5.41) is 14.3. The van der Waals surface area contributed by atoms with E-state index in [-0.39, 0.29) is 10.6 Å². The van der Waals surface area contributed by atoms with Gasteiger partial charge >= 0.3 is 6.09 Å². The Hall–Kier alpha value is -4.32. The molecule has 47 heavy (non-hydrogen) atoms. The van der Waals surface area contributed by atoms with E-state index in [1.807, 2.05) is 57.2 Å². The highest BCUT2D eigenvalue weighted by molar-refractivity contribution is 7.90. The Morgan fingerprint density at radius 3 is 2.21 bits per heavy atom. The summed E-state index contributed by atoms with van der Waals surface area (Å²) in [6.07, 6.45) is 0.728. The molecule has 4 aromatic carbocycles. The fourth-order valence-electron chi connectivity index (χ4n) is 4.79. The van der Waals surface area contributed by atoms with Crippen LogP contribution in [0.15, 0.2) is 83.8 Å². The quantitative estimate of drug-likeness (QED) is 0.135. The number of nitrogens with one attached hydrogen (secondary N) is 1. The summed E-state index contributed by atoms with van der Waals surface area (Å²) in [7, 11) is -3.33. The van der Waals surface area contributed by atoms with E-state index in [1.165, 1.54) is 6.26 Å². The van der Waals surface area contributed by atoms with Crippen LogP contribution in [0.3, 0.4) is 0 Å². The monoisotopic (exact) mass is 664 g/mol. The molecular formula is C36H44N2O8S. The number of phenols is 1. The summed E-state index contributed by atoms with van der Waals surface area (Å²) in [4.78, 5) is 14.2. The molecule has 11 heteroatoms. The van der Waals surface area contributed by atoms with Crippen LogP contribution in [0.4, 0.5) is 4.79 Å². The Morgan fingerprint density at radius 2 is 1.55 bits per heavy atom. The van der Waals surface area contributed by atoms with Gasteiger partial charge in [0, 0.05) is 36.8 Å². The zero-order chi connectivity index (χ0) is 34.0. The summed E-state index contributed by atoms with van der Waals surface area (Å²) in [5.74, 6) is 2.04.